The average Bonchev–Trinajstić information content (AvgIpc) is 2.86. The van der Waals surface area contributed by atoms with Gasteiger partial charge in [-0.1, -0.05) is 0 Å². The molecule has 1 aromatic rings. The molecule has 0 saturated carbocycles. The van der Waals surface area contributed by atoms with Crippen molar-refractivity contribution in [2.24, 2.45) is 0 Å². The first-order valence-electron chi connectivity index (χ1n) is 9.40. The Morgan fingerprint density at radius 3 is 2.61 bits per heavy atom. The molecule has 152 valence electrons. The van der Waals surface area contributed by atoms with Gasteiger partial charge in [0.2, 0.25) is 11.8 Å². The van der Waals surface area contributed by atoms with Gasteiger partial charge in [-0.05, 0) is 29.3 Å². The van der Waals surface area contributed by atoms with Crippen LogP contribution in [-0.2, 0) is 20.7 Å². The summed E-state index contributed by atoms with van der Waals surface area (Å²) >= 11 is 0. The molecule has 28 heavy (non-hydrogen) atoms. The van der Waals surface area contributed by atoms with Crippen LogP contribution in [-0.4, -0.2) is 81.8 Å². The van der Waals surface area contributed by atoms with E-state index < -0.39 is 0 Å². The monoisotopic (exact) mass is 389 g/mol. The number of rotatable bonds is 7. The third-order valence-electron chi connectivity index (χ3n) is 4.91. The third kappa shape index (κ3) is 5.02. The van der Waals surface area contributed by atoms with Crippen LogP contribution in [0.1, 0.15) is 11.1 Å². The fourth-order valence-corrected chi connectivity index (χ4v) is 3.29. The Hall–Kier alpha value is -2.58. The summed E-state index contributed by atoms with van der Waals surface area (Å²) in [4.78, 5) is 28.5. The minimum absolute atomic E-state index is 0.000697. The maximum atomic E-state index is 12.6. The summed E-state index contributed by atoms with van der Waals surface area (Å²) in [5.74, 6) is 0.877. The quantitative estimate of drug-likeness (QED) is 0.732. The van der Waals surface area contributed by atoms with Crippen molar-refractivity contribution in [2.75, 3.05) is 60.2 Å². The lowest BCUT2D eigenvalue weighted by molar-refractivity contribution is -0.132. The fraction of sp³-hybridized carbons (Fsp3) is 0.500. The van der Waals surface area contributed by atoms with Crippen molar-refractivity contribution in [2.45, 2.75) is 6.42 Å². The number of ether oxygens (including phenoxy) is 3. The molecule has 0 radical (unpaired) electrons. The lowest BCUT2D eigenvalue weighted by Gasteiger charge is -2.26. The van der Waals surface area contributed by atoms with Crippen LogP contribution in [0.25, 0.3) is 6.08 Å². The van der Waals surface area contributed by atoms with Gasteiger partial charge in [0.15, 0.2) is 11.5 Å². The zero-order valence-electron chi connectivity index (χ0n) is 16.4. The molecule has 1 fully saturated rings. The highest BCUT2D eigenvalue weighted by Gasteiger charge is 2.21. The predicted octanol–water partition coefficient (Wildman–Crippen LogP) is 0.508. The van der Waals surface area contributed by atoms with Crippen LogP contribution in [0, 0.1) is 0 Å². The van der Waals surface area contributed by atoms with Crippen LogP contribution in [0.5, 0.6) is 11.5 Å². The van der Waals surface area contributed by atoms with Gasteiger partial charge >= 0.3 is 0 Å². The Morgan fingerprint density at radius 2 is 1.89 bits per heavy atom. The molecule has 8 heteroatoms. The SMILES string of the molecule is COc1cc2c(cc1OC)CC(=O)N(CC(=O)NCCN1CCOCC1)C=C2. The van der Waals surface area contributed by atoms with E-state index in [2.05, 4.69) is 10.2 Å². The molecule has 2 aliphatic heterocycles. The van der Waals surface area contributed by atoms with Crippen LogP contribution < -0.4 is 14.8 Å². The Bertz CT molecular complexity index is 744. The van der Waals surface area contributed by atoms with Gasteiger partial charge in [-0.15, -0.1) is 0 Å². The van der Waals surface area contributed by atoms with Crippen molar-refractivity contribution in [3.63, 3.8) is 0 Å². The van der Waals surface area contributed by atoms with E-state index in [1.54, 1.807) is 20.4 Å². The van der Waals surface area contributed by atoms with E-state index in [9.17, 15) is 9.59 Å². The fourth-order valence-electron chi connectivity index (χ4n) is 3.29. The van der Waals surface area contributed by atoms with Gasteiger partial charge < -0.3 is 24.4 Å². The van der Waals surface area contributed by atoms with Crippen molar-refractivity contribution in [1.29, 1.82) is 0 Å². The van der Waals surface area contributed by atoms with E-state index in [4.69, 9.17) is 14.2 Å². The zero-order valence-corrected chi connectivity index (χ0v) is 16.4. The Morgan fingerprint density at radius 1 is 1.18 bits per heavy atom. The summed E-state index contributed by atoms with van der Waals surface area (Å²) in [6.45, 7) is 4.57. The number of nitrogens with zero attached hydrogens (tertiary/aromatic N) is 2. The van der Waals surface area contributed by atoms with Gasteiger partial charge in [0.05, 0.1) is 33.9 Å². The maximum absolute atomic E-state index is 12.6. The van der Waals surface area contributed by atoms with Crippen LogP contribution in [0.2, 0.25) is 0 Å². The first-order chi connectivity index (χ1) is 13.6. The first kappa shape index (κ1) is 20.2. The number of carbonyl (C=O) groups excluding carboxylic acids is 2. The standard InChI is InChI=1S/C20H27N3O5/c1-26-17-11-15-3-5-23(20(25)13-16(15)12-18(17)27-2)14-19(24)21-4-6-22-7-9-28-10-8-22/h3,5,11-12H,4,6-10,13-14H2,1-2H3,(H,21,24). The number of fused-ring (bicyclic) bond motifs is 1. The molecule has 0 atom stereocenters. The molecular formula is C20H27N3O5. The second-order valence-electron chi connectivity index (χ2n) is 6.72. The Kier molecular flexibility index (Phi) is 6.89. The molecule has 1 N–H and O–H groups in total. The number of methoxy groups -OCH3 is 2. The summed E-state index contributed by atoms with van der Waals surface area (Å²) in [7, 11) is 3.13. The van der Waals surface area contributed by atoms with Crippen LogP contribution in [0.4, 0.5) is 0 Å². The van der Waals surface area contributed by atoms with E-state index >= 15 is 0 Å². The Labute approximate surface area is 165 Å². The summed E-state index contributed by atoms with van der Waals surface area (Å²) in [5.41, 5.74) is 1.72. The molecule has 0 unspecified atom stereocenters. The molecule has 2 aliphatic rings. The van der Waals surface area contributed by atoms with Gasteiger partial charge in [0, 0.05) is 32.4 Å². The van der Waals surface area contributed by atoms with E-state index in [0.29, 0.717) is 18.0 Å². The van der Waals surface area contributed by atoms with Gasteiger partial charge in [-0.25, -0.2) is 0 Å². The molecule has 2 heterocycles. The molecule has 2 amide bonds. The molecule has 0 aliphatic carbocycles. The number of hydrogen-bond acceptors (Lipinski definition) is 6. The summed E-state index contributed by atoms with van der Waals surface area (Å²) in [5, 5.41) is 2.89. The highest BCUT2D eigenvalue weighted by molar-refractivity contribution is 5.89. The van der Waals surface area contributed by atoms with Crippen molar-refractivity contribution in [3.05, 3.63) is 29.5 Å². The summed E-state index contributed by atoms with van der Waals surface area (Å²) in [6.07, 6.45) is 3.68. The molecular weight excluding hydrogens is 362 g/mol. The highest BCUT2D eigenvalue weighted by Crippen LogP contribution is 2.32. The van der Waals surface area contributed by atoms with Gasteiger partial charge in [0.1, 0.15) is 6.54 Å². The molecule has 8 nitrogen and oxygen atoms in total. The van der Waals surface area contributed by atoms with E-state index in [0.717, 1.165) is 44.0 Å². The molecule has 1 aromatic carbocycles. The molecule has 3 rings (SSSR count). The maximum Gasteiger partial charge on any atom is 0.240 e. The van der Waals surface area contributed by atoms with Gasteiger partial charge in [-0.2, -0.15) is 0 Å². The molecule has 0 aromatic heterocycles. The largest absolute Gasteiger partial charge is 0.493 e. The van der Waals surface area contributed by atoms with E-state index in [1.807, 2.05) is 18.2 Å². The second kappa shape index (κ2) is 9.57. The number of carbonyl (C=O) groups is 2. The van der Waals surface area contributed by atoms with Gasteiger partial charge in [-0.3, -0.25) is 14.5 Å². The van der Waals surface area contributed by atoms with Crippen molar-refractivity contribution in [3.8, 4) is 11.5 Å². The number of hydrogen-bond donors (Lipinski definition) is 1. The highest BCUT2D eigenvalue weighted by atomic mass is 16.5. The van der Waals surface area contributed by atoms with Crippen LogP contribution in [0.15, 0.2) is 18.3 Å². The summed E-state index contributed by atoms with van der Waals surface area (Å²) in [6, 6.07) is 3.65. The zero-order chi connectivity index (χ0) is 19.9. The van der Waals surface area contributed by atoms with Crippen molar-refractivity contribution in [1.82, 2.24) is 15.1 Å². The summed E-state index contributed by atoms with van der Waals surface area (Å²) < 4.78 is 15.9. The Balaban J connectivity index is 1.56. The minimum Gasteiger partial charge on any atom is -0.493 e. The topological polar surface area (TPSA) is 80.3 Å². The number of benzene rings is 1. The number of morpholine rings is 1. The molecule has 0 bridgehead atoms. The number of amides is 2. The van der Waals surface area contributed by atoms with Crippen LogP contribution in [0.3, 0.4) is 0 Å². The van der Waals surface area contributed by atoms with Gasteiger partial charge in [0.25, 0.3) is 0 Å². The molecule has 1 saturated heterocycles. The smallest absolute Gasteiger partial charge is 0.240 e. The second-order valence-corrected chi connectivity index (χ2v) is 6.72. The van der Waals surface area contributed by atoms with Crippen molar-refractivity contribution >= 4 is 17.9 Å². The molecule has 0 spiro atoms. The third-order valence-corrected chi connectivity index (χ3v) is 4.91. The number of nitrogens with one attached hydrogen (secondary N) is 1. The van der Waals surface area contributed by atoms with E-state index in [1.165, 1.54) is 4.90 Å². The normalized spacial score (nSPS) is 17.1. The minimum atomic E-state index is -0.174. The average molecular weight is 389 g/mol. The van der Waals surface area contributed by atoms with Crippen LogP contribution >= 0.6 is 0 Å². The lowest BCUT2D eigenvalue weighted by atomic mass is 10.0. The predicted molar refractivity (Wildman–Crippen MR) is 104 cm³/mol. The van der Waals surface area contributed by atoms with Crippen molar-refractivity contribution < 1.29 is 23.8 Å². The van der Waals surface area contributed by atoms with E-state index in [-0.39, 0.29) is 24.8 Å². The first-order valence-corrected chi connectivity index (χ1v) is 9.40. The lowest BCUT2D eigenvalue weighted by Crippen LogP contribution is -2.43.